The summed E-state index contributed by atoms with van der Waals surface area (Å²) in [5.41, 5.74) is 1.75. The summed E-state index contributed by atoms with van der Waals surface area (Å²) in [5, 5.41) is 20.8. The van der Waals surface area contributed by atoms with Gasteiger partial charge in [-0.2, -0.15) is 4.52 Å². The SMILES string of the molecule is CN(C(=O)O)C1CN(c2nc3ncc(Br)cc3n3nnnc23)C1. The Morgan fingerprint density at radius 1 is 1.48 bits per heavy atom. The van der Waals surface area contributed by atoms with Gasteiger partial charge in [0, 0.05) is 30.8 Å². The van der Waals surface area contributed by atoms with Gasteiger partial charge in [-0.25, -0.2) is 14.8 Å². The molecule has 1 aliphatic rings. The van der Waals surface area contributed by atoms with Crippen molar-refractivity contribution in [2.75, 3.05) is 25.0 Å². The Morgan fingerprint density at radius 2 is 2.26 bits per heavy atom. The average molecular weight is 379 g/mol. The highest BCUT2D eigenvalue weighted by Crippen LogP contribution is 2.27. The van der Waals surface area contributed by atoms with Gasteiger partial charge in [0.1, 0.15) is 5.52 Å². The normalized spacial score (nSPS) is 15.1. The van der Waals surface area contributed by atoms with Crippen LogP contribution in [0.2, 0.25) is 0 Å². The van der Waals surface area contributed by atoms with E-state index in [0.717, 1.165) is 4.47 Å². The van der Waals surface area contributed by atoms with E-state index in [1.165, 1.54) is 4.90 Å². The molecular formula is C12H11BrN8O2. The summed E-state index contributed by atoms with van der Waals surface area (Å²) in [7, 11) is 1.56. The number of amides is 1. The summed E-state index contributed by atoms with van der Waals surface area (Å²) >= 11 is 3.37. The Hall–Kier alpha value is -2.56. The third-order valence-corrected chi connectivity index (χ3v) is 4.37. The number of hydrogen-bond donors (Lipinski definition) is 1. The fourth-order valence-corrected chi connectivity index (χ4v) is 2.86. The first kappa shape index (κ1) is 14.1. The van der Waals surface area contributed by atoms with Gasteiger partial charge in [0.2, 0.25) is 5.65 Å². The van der Waals surface area contributed by atoms with E-state index in [9.17, 15) is 4.79 Å². The third kappa shape index (κ3) is 2.15. The van der Waals surface area contributed by atoms with Gasteiger partial charge in [-0.15, -0.1) is 5.10 Å². The molecule has 11 heteroatoms. The molecule has 23 heavy (non-hydrogen) atoms. The molecule has 1 saturated heterocycles. The first-order valence-electron chi connectivity index (χ1n) is 6.78. The van der Waals surface area contributed by atoms with Crippen molar-refractivity contribution in [3.63, 3.8) is 0 Å². The molecule has 4 rings (SSSR count). The zero-order chi connectivity index (χ0) is 16.1. The quantitative estimate of drug-likeness (QED) is 0.690. The van der Waals surface area contributed by atoms with Gasteiger partial charge in [0.05, 0.1) is 6.04 Å². The van der Waals surface area contributed by atoms with Crippen LogP contribution < -0.4 is 4.90 Å². The number of carboxylic acid groups (broad SMARTS) is 1. The molecule has 1 amide bonds. The molecule has 0 aliphatic carbocycles. The molecule has 3 aromatic heterocycles. The Morgan fingerprint density at radius 3 is 3.00 bits per heavy atom. The van der Waals surface area contributed by atoms with Gasteiger partial charge < -0.3 is 14.9 Å². The number of anilines is 1. The smallest absolute Gasteiger partial charge is 0.407 e. The minimum atomic E-state index is -0.943. The average Bonchev–Trinajstić information content (AvgIpc) is 2.95. The van der Waals surface area contributed by atoms with Crippen molar-refractivity contribution < 1.29 is 9.90 Å². The maximum Gasteiger partial charge on any atom is 0.407 e. The van der Waals surface area contributed by atoms with Crippen LogP contribution in [0.4, 0.5) is 10.6 Å². The molecule has 0 radical (unpaired) electrons. The number of rotatable bonds is 2. The van der Waals surface area contributed by atoms with Gasteiger partial charge in [-0.1, -0.05) is 0 Å². The third-order valence-electron chi connectivity index (χ3n) is 3.93. The lowest BCUT2D eigenvalue weighted by Gasteiger charge is -2.43. The topological polar surface area (TPSA) is 113 Å². The van der Waals surface area contributed by atoms with E-state index in [1.54, 1.807) is 17.8 Å². The lowest BCUT2D eigenvalue weighted by Crippen LogP contribution is -2.60. The minimum Gasteiger partial charge on any atom is -0.465 e. The molecule has 0 aromatic carbocycles. The van der Waals surface area contributed by atoms with Crippen LogP contribution >= 0.6 is 15.9 Å². The van der Waals surface area contributed by atoms with E-state index in [4.69, 9.17) is 5.11 Å². The highest BCUT2D eigenvalue weighted by Gasteiger charge is 2.35. The Bertz CT molecular complexity index is 922. The standard InChI is InChI=1S/C12H11BrN8O2/c1-19(12(22)23)7-4-20(5-7)10-11-16-17-18-21(11)8-2-6(13)3-14-9(8)15-10/h2-3,7H,4-5H2,1H3,(H,22,23). The number of nitrogens with zero attached hydrogens (tertiary/aromatic N) is 8. The zero-order valence-electron chi connectivity index (χ0n) is 12.0. The van der Waals surface area contributed by atoms with Gasteiger partial charge in [0.25, 0.3) is 0 Å². The van der Waals surface area contributed by atoms with Crippen LogP contribution in [0.1, 0.15) is 0 Å². The molecule has 0 unspecified atom stereocenters. The summed E-state index contributed by atoms with van der Waals surface area (Å²) in [5.74, 6) is 0.604. The van der Waals surface area contributed by atoms with E-state index in [2.05, 4.69) is 41.4 Å². The van der Waals surface area contributed by atoms with Gasteiger partial charge in [0.15, 0.2) is 11.5 Å². The van der Waals surface area contributed by atoms with Crippen LogP contribution in [0.5, 0.6) is 0 Å². The molecule has 0 spiro atoms. The molecule has 0 atom stereocenters. The molecule has 1 N–H and O–H groups in total. The number of aromatic nitrogens is 6. The number of likely N-dealkylation sites (N-methyl/N-ethyl adjacent to an activating group) is 1. The maximum atomic E-state index is 11.0. The van der Waals surface area contributed by atoms with E-state index in [0.29, 0.717) is 35.7 Å². The lowest BCUT2D eigenvalue weighted by molar-refractivity contribution is 0.130. The second-order valence-electron chi connectivity index (χ2n) is 5.30. The van der Waals surface area contributed by atoms with Gasteiger partial charge in [-0.05, 0) is 32.4 Å². The minimum absolute atomic E-state index is 0.0706. The number of tetrazole rings is 1. The van der Waals surface area contributed by atoms with Crippen molar-refractivity contribution in [1.82, 2.24) is 34.9 Å². The van der Waals surface area contributed by atoms with Crippen molar-refractivity contribution in [1.29, 1.82) is 0 Å². The summed E-state index contributed by atoms with van der Waals surface area (Å²) in [6.45, 7) is 1.08. The predicted molar refractivity (Wildman–Crippen MR) is 83.4 cm³/mol. The first-order valence-corrected chi connectivity index (χ1v) is 7.58. The molecule has 118 valence electrons. The molecule has 1 fully saturated rings. The lowest BCUT2D eigenvalue weighted by atomic mass is 10.1. The van der Waals surface area contributed by atoms with Crippen LogP contribution in [0.15, 0.2) is 16.7 Å². The summed E-state index contributed by atoms with van der Waals surface area (Å²) < 4.78 is 2.40. The number of carbonyl (C=O) groups is 1. The largest absolute Gasteiger partial charge is 0.465 e. The zero-order valence-corrected chi connectivity index (χ0v) is 13.5. The van der Waals surface area contributed by atoms with Crippen LogP contribution in [0.3, 0.4) is 0 Å². The number of halogens is 1. The first-order chi connectivity index (χ1) is 11.0. The maximum absolute atomic E-state index is 11.0. The Labute approximate surface area is 137 Å². The van der Waals surface area contributed by atoms with E-state index in [1.807, 2.05) is 11.0 Å². The van der Waals surface area contributed by atoms with Crippen LogP contribution in [-0.2, 0) is 0 Å². The summed E-state index contributed by atoms with van der Waals surface area (Å²) in [6, 6.07) is 1.78. The molecule has 1 aliphatic heterocycles. The predicted octanol–water partition coefficient (Wildman–Crippen LogP) is 0.628. The highest BCUT2D eigenvalue weighted by atomic mass is 79.9. The van der Waals surface area contributed by atoms with Crippen molar-refractivity contribution in [3.05, 3.63) is 16.7 Å². The van der Waals surface area contributed by atoms with E-state index in [-0.39, 0.29) is 6.04 Å². The number of hydrogen-bond acceptors (Lipinski definition) is 7. The summed E-state index contributed by atoms with van der Waals surface area (Å²) in [6.07, 6.45) is 0.716. The Kier molecular flexibility index (Phi) is 3.04. The van der Waals surface area contributed by atoms with E-state index < -0.39 is 6.09 Å². The molecule has 10 nitrogen and oxygen atoms in total. The number of pyridine rings is 1. The second-order valence-corrected chi connectivity index (χ2v) is 6.21. The fourth-order valence-electron chi connectivity index (χ4n) is 2.54. The van der Waals surface area contributed by atoms with E-state index >= 15 is 0 Å². The van der Waals surface area contributed by atoms with Gasteiger partial charge in [-0.3, -0.25) is 0 Å². The van der Waals surface area contributed by atoms with Crippen molar-refractivity contribution >= 4 is 44.7 Å². The van der Waals surface area contributed by atoms with Crippen molar-refractivity contribution in [3.8, 4) is 0 Å². The molecule has 0 saturated carbocycles. The summed E-state index contributed by atoms with van der Waals surface area (Å²) in [4.78, 5) is 23.1. The molecule has 4 heterocycles. The fraction of sp³-hybridized carbons (Fsp3) is 0.333. The van der Waals surface area contributed by atoms with Crippen LogP contribution in [0, 0.1) is 0 Å². The second kappa shape index (κ2) is 4.98. The molecule has 0 bridgehead atoms. The molecular weight excluding hydrogens is 368 g/mol. The van der Waals surface area contributed by atoms with Crippen LogP contribution in [0.25, 0.3) is 16.8 Å². The number of fused-ring (bicyclic) bond motifs is 3. The Balaban J connectivity index is 1.75. The van der Waals surface area contributed by atoms with Crippen molar-refractivity contribution in [2.45, 2.75) is 6.04 Å². The van der Waals surface area contributed by atoms with Gasteiger partial charge >= 0.3 is 6.09 Å². The highest BCUT2D eigenvalue weighted by molar-refractivity contribution is 9.10. The monoisotopic (exact) mass is 378 g/mol. The van der Waals surface area contributed by atoms with Crippen molar-refractivity contribution in [2.24, 2.45) is 0 Å². The molecule has 3 aromatic rings. The van der Waals surface area contributed by atoms with Crippen LogP contribution in [-0.4, -0.2) is 72.3 Å².